The van der Waals surface area contributed by atoms with Crippen LogP contribution in [0.1, 0.15) is 49.5 Å². The summed E-state index contributed by atoms with van der Waals surface area (Å²) in [6.07, 6.45) is 5.45. The molecule has 1 aromatic heterocycles. The molecule has 0 radical (unpaired) electrons. The highest BCUT2D eigenvalue weighted by Gasteiger charge is 2.45. The molecular weight excluding hydrogens is 346 g/mol. The molecule has 4 rings (SSSR count). The number of nitrogens with one attached hydrogen (secondary N) is 1. The first-order chi connectivity index (χ1) is 12.6. The lowest BCUT2D eigenvalue weighted by Gasteiger charge is -2.35. The Morgan fingerprint density at radius 2 is 2.08 bits per heavy atom. The molecule has 2 heterocycles. The lowest BCUT2D eigenvalue weighted by Crippen LogP contribution is -2.44. The van der Waals surface area contributed by atoms with Crippen LogP contribution in [0, 0.1) is 11.3 Å². The van der Waals surface area contributed by atoms with Gasteiger partial charge in [0.2, 0.25) is 0 Å². The summed E-state index contributed by atoms with van der Waals surface area (Å²) in [6.45, 7) is 1.38. The van der Waals surface area contributed by atoms with Gasteiger partial charge < -0.3 is 4.84 Å². The van der Waals surface area contributed by atoms with Gasteiger partial charge in [-0.05, 0) is 53.1 Å². The maximum Gasteiger partial charge on any atom is 0.329 e. The van der Waals surface area contributed by atoms with Crippen molar-refractivity contribution in [3.63, 3.8) is 0 Å². The summed E-state index contributed by atoms with van der Waals surface area (Å²) in [4.78, 5) is 21.8. The Morgan fingerprint density at radius 1 is 1.27 bits per heavy atom. The minimum Gasteiger partial charge on any atom is -0.343 e. The van der Waals surface area contributed by atoms with Crippen LogP contribution in [0.3, 0.4) is 0 Å². The highest BCUT2D eigenvalue weighted by Crippen LogP contribution is 2.49. The number of aliphatic imine (C=N–C) groups is 1. The maximum absolute atomic E-state index is 11.2. The first-order valence-corrected chi connectivity index (χ1v) is 9.66. The zero-order valence-electron chi connectivity index (χ0n) is 14.5. The fourth-order valence-corrected chi connectivity index (χ4v) is 4.71. The van der Waals surface area contributed by atoms with Crippen LogP contribution in [0.25, 0.3) is 11.1 Å². The standard InChI is InChI=1S/C20H19N3O2S/c1-13(24)25-23-19-20(7-3-2-4-8-20)17-10-14(5-6-18(17)22-19)15-9-16(11-21)26-12-15/h5-6,9-10,12H,2-4,7-8H2,1H3,(H,22,23). The number of benzene rings is 1. The number of fused-ring (bicyclic) bond motifs is 2. The van der Waals surface area contributed by atoms with Gasteiger partial charge in [0, 0.05) is 6.92 Å². The monoisotopic (exact) mass is 365 g/mol. The van der Waals surface area contributed by atoms with Gasteiger partial charge in [-0.15, -0.1) is 11.3 Å². The van der Waals surface area contributed by atoms with Crippen molar-refractivity contribution in [2.45, 2.75) is 44.4 Å². The van der Waals surface area contributed by atoms with Crippen molar-refractivity contribution in [2.75, 3.05) is 0 Å². The largest absolute Gasteiger partial charge is 0.343 e. The number of nitrogens with zero attached hydrogens (tertiary/aromatic N) is 2. The van der Waals surface area contributed by atoms with E-state index in [-0.39, 0.29) is 11.4 Å². The van der Waals surface area contributed by atoms with Crippen LogP contribution in [0.4, 0.5) is 5.69 Å². The van der Waals surface area contributed by atoms with Gasteiger partial charge in [-0.2, -0.15) is 5.26 Å². The molecule has 132 valence electrons. The molecule has 0 amide bonds. The molecule has 1 spiro atoms. The summed E-state index contributed by atoms with van der Waals surface area (Å²) in [6, 6.07) is 10.4. The summed E-state index contributed by atoms with van der Waals surface area (Å²) in [5.74, 6) is 0.361. The van der Waals surface area contributed by atoms with Crippen molar-refractivity contribution in [3.8, 4) is 17.2 Å². The lowest BCUT2D eigenvalue weighted by atomic mass is 9.69. The number of hydrogen-bond acceptors (Lipinski definition) is 6. The molecule has 0 saturated heterocycles. The van der Waals surface area contributed by atoms with Crippen molar-refractivity contribution in [2.24, 2.45) is 4.99 Å². The molecule has 1 N–H and O–H groups in total. The van der Waals surface area contributed by atoms with E-state index in [2.05, 4.69) is 17.6 Å². The first kappa shape index (κ1) is 16.8. The molecule has 0 unspecified atom stereocenters. The quantitative estimate of drug-likeness (QED) is 0.750. The maximum atomic E-state index is 11.2. The average Bonchev–Trinajstić information content (AvgIpc) is 3.24. The Kier molecular flexibility index (Phi) is 4.25. The molecule has 0 bridgehead atoms. The number of thiophene rings is 1. The first-order valence-electron chi connectivity index (χ1n) is 8.78. The summed E-state index contributed by atoms with van der Waals surface area (Å²) >= 11 is 1.46. The summed E-state index contributed by atoms with van der Waals surface area (Å²) in [5.41, 5.74) is 6.88. The fraction of sp³-hybridized carbons (Fsp3) is 0.350. The van der Waals surface area contributed by atoms with E-state index >= 15 is 0 Å². The summed E-state index contributed by atoms with van der Waals surface area (Å²) in [5, 5.41) is 11.1. The third-order valence-electron chi connectivity index (χ3n) is 5.24. The number of hydroxylamine groups is 1. The van der Waals surface area contributed by atoms with Gasteiger partial charge >= 0.3 is 5.97 Å². The van der Waals surface area contributed by atoms with E-state index in [1.807, 2.05) is 23.6 Å². The van der Waals surface area contributed by atoms with Gasteiger partial charge in [0.25, 0.3) is 0 Å². The Balaban J connectivity index is 1.74. The fourth-order valence-electron chi connectivity index (χ4n) is 4.00. The van der Waals surface area contributed by atoms with Crippen LogP contribution in [0.2, 0.25) is 0 Å². The zero-order valence-corrected chi connectivity index (χ0v) is 15.4. The van der Waals surface area contributed by atoms with Crippen molar-refractivity contribution >= 4 is 28.8 Å². The second-order valence-electron chi connectivity index (χ2n) is 6.84. The van der Waals surface area contributed by atoms with Gasteiger partial charge in [0.05, 0.1) is 11.1 Å². The number of rotatable bonds is 1. The van der Waals surface area contributed by atoms with Gasteiger partial charge in [-0.1, -0.05) is 25.3 Å². The van der Waals surface area contributed by atoms with Gasteiger partial charge in [-0.25, -0.2) is 10.5 Å². The summed E-state index contributed by atoms with van der Waals surface area (Å²) < 4.78 is 0. The van der Waals surface area contributed by atoms with Crippen LogP contribution < -0.4 is 5.48 Å². The highest BCUT2D eigenvalue weighted by molar-refractivity contribution is 7.10. The molecule has 1 aliphatic carbocycles. The molecule has 0 atom stereocenters. The Hall–Kier alpha value is -2.65. The van der Waals surface area contributed by atoms with E-state index in [4.69, 9.17) is 15.1 Å². The van der Waals surface area contributed by atoms with E-state index in [0.29, 0.717) is 4.88 Å². The van der Waals surface area contributed by atoms with Crippen LogP contribution in [-0.2, 0) is 15.0 Å². The smallest absolute Gasteiger partial charge is 0.329 e. The number of carbonyl (C=O) groups excluding carboxylic acids is 1. The van der Waals surface area contributed by atoms with Crippen LogP contribution in [0.5, 0.6) is 0 Å². The number of carbonyl (C=O) groups is 1. The third-order valence-corrected chi connectivity index (χ3v) is 6.07. The van der Waals surface area contributed by atoms with Crippen molar-refractivity contribution < 1.29 is 9.63 Å². The molecule has 2 aromatic rings. The highest BCUT2D eigenvalue weighted by atomic mass is 32.1. The molecule has 1 fully saturated rings. The molecule has 6 heteroatoms. The van der Waals surface area contributed by atoms with E-state index in [9.17, 15) is 4.79 Å². The second-order valence-corrected chi connectivity index (χ2v) is 7.75. The average molecular weight is 365 g/mol. The molecule has 26 heavy (non-hydrogen) atoms. The van der Waals surface area contributed by atoms with Crippen LogP contribution in [0.15, 0.2) is 34.6 Å². The van der Waals surface area contributed by atoms with E-state index < -0.39 is 0 Å². The number of amidine groups is 1. The molecule has 1 aromatic carbocycles. The van der Waals surface area contributed by atoms with E-state index in [1.165, 1.54) is 30.2 Å². The van der Waals surface area contributed by atoms with E-state index in [1.54, 1.807) is 0 Å². The third kappa shape index (κ3) is 2.78. The SMILES string of the molecule is CC(=O)ONC1=Nc2ccc(-c3csc(C#N)c3)cc2C12CCCCC2. The van der Waals surface area contributed by atoms with Crippen LogP contribution in [-0.4, -0.2) is 11.8 Å². The van der Waals surface area contributed by atoms with Gasteiger partial charge in [0.15, 0.2) is 0 Å². The van der Waals surface area contributed by atoms with Crippen molar-refractivity contribution in [3.05, 3.63) is 40.1 Å². The Morgan fingerprint density at radius 3 is 2.77 bits per heavy atom. The Bertz CT molecular complexity index is 933. The Labute approximate surface area is 156 Å². The zero-order chi connectivity index (χ0) is 18.1. The molecule has 1 saturated carbocycles. The van der Waals surface area contributed by atoms with Gasteiger partial charge in [-0.3, -0.25) is 4.79 Å². The van der Waals surface area contributed by atoms with Crippen molar-refractivity contribution in [1.82, 2.24) is 5.48 Å². The second kappa shape index (κ2) is 6.58. The minimum absolute atomic E-state index is 0.215. The van der Waals surface area contributed by atoms with Gasteiger partial charge in [0.1, 0.15) is 16.8 Å². The van der Waals surface area contributed by atoms with Crippen molar-refractivity contribution in [1.29, 1.82) is 5.26 Å². The normalized spacial score (nSPS) is 17.3. The van der Waals surface area contributed by atoms with Crippen LogP contribution >= 0.6 is 11.3 Å². The predicted molar refractivity (Wildman–Crippen MR) is 101 cm³/mol. The number of nitriles is 1. The minimum atomic E-state index is -0.377. The molecule has 5 nitrogen and oxygen atoms in total. The predicted octanol–water partition coefficient (Wildman–Crippen LogP) is 4.60. The molecule has 2 aliphatic rings. The number of hydrogen-bond donors (Lipinski definition) is 1. The summed E-state index contributed by atoms with van der Waals surface area (Å²) in [7, 11) is 0. The molecule has 1 aliphatic heterocycles. The lowest BCUT2D eigenvalue weighted by molar-refractivity contribution is -0.145. The molecular formula is C20H19N3O2S. The van der Waals surface area contributed by atoms with E-state index in [0.717, 1.165) is 48.3 Å². The topological polar surface area (TPSA) is 74.5 Å².